The highest BCUT2D eigenvalue weighted by atomic mass is 32.1. The van der Waals surface area contributed by atoms with E-state index >= 15 is 0 Å². The van der Waals surface area contributed by atoms with Gasteiger partial charge in [-0.3, -0.25) is 10.1 Å². The molecule has 1 aromatic heterocycles. The number of carbonyl (C=O) groups excluding carboxylic acids is 1. The fraction of sp³-hybridized carbons (Fsp3) is 0.294. The highest BCUT2D eigenvalue weighted by molar-refractivity contribution is 7.14. The molecule has 23 heavy (non-hydrogen) atoms. The Balaban J connectivity index is 2.08. The molecule has 2 aromatic rings. The monoisotopic (exact) mass is 332 g/mol. The van der Waals surface area contributed by atoms with Gasteiger partial charge in [-0.1, -0.05) is 13.8 Å². The number of methoxy groups -OCH3 is 2. The zero-order chi connectivity index (χ0) is 16.8. The van der Waals surface area contributed by atoms with E-state index in [0.717, 1.165) is 11.3 Å². The molecule has 0 radical (unpaired) electrons. The minimum Gasteiger partial charge on any atom is -0.497 e. The number of amides is 1. The van der Waals surface area contributed by atoms with Gasteiger partial charge in [0.05, 0.1) is 19.9 Å². The Morgan fingerprint density at radius 3 is 2.70 bits per heavy atom. The zero-order valence-electron chi connectivity index (χ0n) is 13.6. The maximum absolute atomic E-state index is 12.0. The van der Waals surface area contributed by atoms with Crippen molar-refractivity contribution in [2.45, 2.75) is 19.8 Å². The van der Waals surface area contributed by atoms with Crippen LogP contribution in [0.1, 0.15) is 31.0 Å². The number of hydrogen-bond acceptors (Lipinski definition) is 5. The van der Waals surface area contributed by atoms with Crippen LogP contribution in [0.5, 0.6) is 11.5 Å². The van der Waals surface area contributed by atoms with Crippen molar-refractivity contribution in [1.82, 2.24) is 4.98 Å². The predicted molar refractivity (Wildman–Crippen MR) is 93.4 cm³/mol. The molecule has 0 aliphatic carbocycles. The quantitative estimate of drug-likeness (QED) is 0.814. The average Bonchev–Trinajstić information content (AvgIpc) is 3.01. The molecule has 0 atom stereocenters. The van der Waals surface area contributed by atoms with Gasteiger partial charge in [-0.15, -0.1) is 11.3 Å². The number of benzene rings is 1. The lowest BCUT2D eigenvalue weighted by molar-refractivity contribution is -0.111. The van der Waals surface area contributed by atoms with Crippen LogP contribution in [0.4, 0.5) is 5.13 Å². The minimum atomic E-state index is -0.237. The fourth-order valence-electron chi connectivity index (χ4n) is 1.89. The first-order valence-corrected chi connectivity index (χ1v) is 8.08. The second kappa shape index (κ2) is 7.78. The number of thiazole rings is 1. The molecule has 0 spiro atoms. The average molecular weight is 332 g/mol. The molecule has 0 fully saturated rings. The molecule has 0 saturated heterocycles. The third-order valence-electron chi connectivity index (χ3n) is 3.19. The van der Waals surface area contributed by atoms with Gasteiger partial charge in [-0.05, 0) is 30.2 Å². The van der Waals surface area contributed by atoms with Crippen molar-refractivity contribution >= 4 is 28.5 Å². The summed E-state index contributed by atoms with van der Waals surface area (Å²) in [6, 6.07) is 5.41. The molecule has 0 aliphatic heterocycles. The van der Waals surface area contributed by atoms with Crippen molar-refractivity contribution in [1.29, 1.82) is 0 Å². The zero-order valence-corrected chi connectivity index (χ0v) is 14.4. The van der Waals surface area contributed by atoms with E-state index in [1.807, 2.05) is 11.4 Å². The molecule has 1 amide bonds. The van der Waals surface area contributed by atoms with Crippen LogP contribution in [0, 0.1) is 0 Å². The summed E-state index contributed by atoms with van der Waals surface area (Å²) >= 11 is 1.42. The van der Waals surface area contributed by atoms with Crippen molar-refractivity contribution < 1.29 is 14.3 Å². The van der Waals surface area contributed by atoms with Crippen LogP contribution in [0.3, 0.4) is 0 Å². The second-order valence-electron chi connectivity index (χ2n) is 5.16. The summed E-state index contributed by atoms with van der Waals surface area (Å²) < 4.78 is 10.5. The third kappa shape index (κ3) is 4.56. The Labute approximate surface area is 140 Å². The van der Waals surface area contributed by atoms with Crippen molar-refractivity contribution in [3.8, 4) is 11.5 Å². The van der Waals surface area contributed by atoms with E-state index < -0.39 is 0 Å². The Hall–Kier alpha value is -2.34. The van der Waals surface area contributed by atoms with E-state index in [0.29, 0.717) is 22.5 Å². The number of rotatable bonds is 6. The first-order chi connectivity index (χ1) is 11.0. The molecule has 5 nitrogen and oxygen atoms in total. The number of ether oxygens (including phenoxy) is 2. The lowest BCUT2D eigenvalue weighted by Crippen LogP contribution is -2.07. The molecule has 0 unspecified atom stereocenters. The molecular weight excluding hydrogens is 312 g/mol. The largest absolute Gasteiger partial charge is 0.497 e. The minimum absolute atomic E-state index is 0.237. The van der Waals surface area contributed by atoms with Crippen molar-refractivity contribution in [2.24, 2.45) is 0 Å². The smallest absolute Gasteiger partial charge is 0.250 e. The lowest BCUT2D eigenvalue weighted by atomic mass is 10.1. The summed E-state index contributed by atoms with van der Waals surface area (Å²) in [6.45, 7) is 4.13. The summed E-state index contributed by atoms with van der Waals surface area (Å²) in [7, 11) is 3.18. The van der Waals surface area contributed by atoms with Gasteiger partial charge in [-0.25, -0.2) is 4.98 Å². The number of aromatic nitrogens is 1. The normalized spacial score (nSPS) is 11.0. The van der Waals surface area contributed by atoms with Gasteiger partial charge in [-0.2, -0.15) is 0 Å². The van der Waals surface area contributed by atoms with E-state index in [1.54, 1.807) is 32.4 Å². The van der Waals surface area contributed by atoms with Gasteiger partial charge in [0, 0.05) is 17.0 Å². The Bertz CT molecular complexity index is 708. The summed E-state index contributed by atoms with van der Waals surface area (Å²) in [6.07, 6.45) is 3.14. The van der Waals surface area contributed by atoms with Crippen LogP contribution in [-0.2, 0) is 4.79 Å². The van der Waals surface area contributed by atoms with Crippen LogP contribution >= 0.6 is 11.3 Å². The van der Waals surface area contributed by atoms with Crippen LogP contribution in [0.15, 0.2) is 29.7 Å². The van der Waals surface area contributed by atoms with Gasteiger partial charge in [0.25, 0.3) is 0 Å². The molecule has 1 N–H and O–H groups in total. The second-order valence-corrected chi connectivity index (χ2v) is 6.02. The molecule has 2 rings (SSSR count). The summed E-state index contributed by atoms with van der Waals surface area (Å²) in [5, 5.41) is 5.31. The predicted octanol–water partition coefficient (Wildman–Crippen LogP) is 3.94. The van der Waals surface area contributed by atoms with Gasteiger partial charge in [0.1, 0.15) is 11.5 Å². The number of nitrogens with one attached hydrogen (secondary N) is 1. The Kier molecular flexibility index (Phi) is 5.76. The maximum Gasteiger partial charge on any atom is 0.250 e. The van der Waals surface area contributed by atoms with E-state index in [-0.39, 0.29) is 5.91 Å². The standard InChI is InChI=1S/C17H20N2O3S/c1-11(2)14-10-23-17(18-14)19-16(20)8-5-12-9-13(21-3)6-7-15(12)22-4/h5-11H,1-4H3,(H,18,19,20)/b8-5+. The third-order valence-corrected chi connectivity index (χ3v) is 3.97. The summed E-state index contributed by atoms with van der Waals surface area (Å²) in [5.41, 5.74) is 1.74. The molecule has 1 aromatic carbocycles. The summed E-state index contributed by atoms with van der Waals surface area (Å²) in [4.78, 5) is 16.4. The molecular formula is C17H20N2O3S. The van der Waals surface area contributed by atoms with Crippen molar-refractivity contribution in [2.75, 3.05) is 19.5 Å². The number of carbonyl (C=O) groups is 1. The lowest BCUT2D eigenvalue weighted by Gasteiger charge is -2.07. The Morgan fingerprint density at radius 1 is 1.30 bits per heavy atom. The fourth-order valence-corrected chi connectivity index (χ4v) is 2.77. The van der Waals surface area contributed by atoms with Crippen LogP contribution in [-0.4, -0.2) is 25.1 Å². The van der Waals surface area contributed by atoms with Crippen molar-refractivity contribution in [3.63, 3.8) is 0 Å². The first kappa shape index (κ1) is 17.0. The molecule has 1 heterocycles. The highest BCUT2D eigenvalue weighted by Gasteiger charge is 2.08. The molecule has 122 valence electrons. The molecule has 6 heteroatoms. The molecule has 0 aliphatic rings. The van der Waals surface area contributed by atoms with E-state index in [1.165, 1.54) is 17.4 Å². The number of anilines is 1. The van der Waals surface area contributed by atoms with Gasteiger partial charge < -0.3 is 9.47 Å². The summed E-state index contributed by atoms with van der Waals surface area (Å²) in [5.74, 6) is 1.48. The SMILES string of the molecule is COc1ccc(OC)c(/C=C/C(=O)Nc2nc(C(C)C)cs2)c1. The van der Waals surface area contributed by atoms with Crippen LogP contribution in [0.2, 0.25) is 0 Å². The van der Waals surface area contributed by atoms with E-state index in [2.05, 4.69) is 24.1 Å². The first-order valence-electron chi connectivity index (χ1n) is 7.20. The maximum atomic E-state index is 12.0. The topological polar surface area (TPSA) is 60.5 Å². The number of hydrogen-bond donors (Lipinski definition) is 1. The van der Waals surface area contributed by atoms with E-state index in [9.17, 15) is 4.79 Å². The highest BCUT2D eigenvalue weighted by Crippen LogP contribution is 2.25. The van der Waals surface area contributed by atoms with Gasteiger partial charge in [0.2, 0.25) is 5.91 Å². The van der Waals surface area contributed by atoms with Crippen LogP contribution in [0.25, 0.3) is 6.08 Å². The van der Waals surface area contributed by atoms with Gasteiger partial charge in [0.15, 0.2) is 5.13 Å². The Morgan fingerprint density at radius 2 is 2.09 bits per heavy atom. The molecule has 0 bridgehead atoms. The number of nitrogens with zero attached hydrogens (tertiary/aromatic N) is 1. The van der Waals surface area contributed by atoms with Gasteiger partial charge >= 0.3 is 0 Å². The van der Waals surface area contributed by atoms with Crippen LogP contribution < -0.4 is 14.8 Å². The molecule has 0 saturated carbocycles. The van der Waals surface area contributed by atoms with Crippen molar-refractivity contribution in [3.05, 3.63) is 40.9 Å². The van der Waals surface area contributed by atoms with E-state index in [4.69, 9.17) is 9.47 Å².